The topological polar surface area (TPSA) is 97.6 Å². The van der Waals surface area contributed by atoms with E-state index in [0.29, 0.717) is 23.1 Å². The van der Waals surface area contributed by atoms with E-state index in [4.69, 9.17) is 20.8 Å². The van der Waals surface area contributed by atoms with Gasteiger partial charge in [-0.2, -0.15) is 0 Å². The van der Waals surface area contributed by atoms with Crippen LogP contribution in [0.15, 0.2) is 33.9 Å². The Labute approximate surface area is 178 Å². The molecule has 10 heteroatoms. The summed E-state index contributed by atoms with van der Waals surface area (Å²) in [6.45, 7) is 6.05. The SMILES string of the molecule is CC(C)(C)OC(=O)N1CCC[C@H]1c1nnc(SCC(=O)Nc2cccc(Cl)c2)o1. The highest BCUT2D eigenvalue weighted by Crippen LogP contribution is 2.33. The van der Waals surface area contributed by atoms with Crippen LogP contribution in [0, 0.1) is 0 Å². The Hall–Kier alpha value is -2.26. The maximum Gasteiger partial charge on any atom is 0.410 e. The van der Waals surface area contributed by atoms with Gasteiger partial charge in [-0.3, -0.25) is 9.69 Å². The highest BCUT2D eigenvalue weighted by molar-refractivity contribution is 7.99. The van der Waals surface area contributed by atoms with Gasteiger partial charge in [0.15, 0.2) is 0 Å². The second-order valence-electron chi connectivity index (χ2n) is 7.59. The van der Waals surface area contributed by atoms with Gasteiger partial charge in [0.2, 0.25) is 11.8 Å². The van der Waals surface area contributed by atoms with Gasteiger partial charge in [-0.15, -0.1) is 10.2 Å². The number of nitrogens with zero attached hydrogens (tertiary/aromatic N) is 3. The van der Waals surface area contributed by atoms with Crippen molar-refractivity contribution in [2.75, 3.05) is 17.6 Å². The molecule has 2 heterocycles. The lowest BCUT2D eigenvalue weighted by Crippen LogP contribution is -2.36. The fraction of sp³-hybridized carbons (Fsp3) is 0.474. The molecule has 1 atom stereocenters. The smallest absolute Gasteiger partial charge is 0.410 e. The molecule has 1 saturated heterocycles. The lowest BCUT2D eigenvalue weighted by Gasteiger charge is -2.27. The van der Waals surface area contributed by atoms with Crippen molar-refractivity contribution in [2.45, 2.75) is 50.5 Å². The first-order chi connectivity index (χ1) is 13.7. The van der Waals surface area contributed by atoms with E-state index < -0.39 is 11.7 Å². The fourth-order valence-electron chi connectivity index (χ4n) is 2.87. The van der Waals surface area contributed by atoms with Gasteiger partial charge >= 0.3 is 6.09 Å². The number of amides is 2. The van der Waals surface area contributed by atoms with E-state index >= 15 is 0 Å². The average molecular weight is 439 g/mol. The summed E-state index contributed by atoms with van der Waals surface area (Å²) < 4.78 is 11.1. The molecule has 0 spiro atoms. The summed E-state index contributed by atoms with van der Waals surface area (Å²) in [4.78, 5) is 26.1. The average Bonchev–Trinajstić information content (AvgIpc) is 3.27. The molecular weight excluding hydrogens is 416 g/mol. The molecule has 1 aliphatic rings. The number of hydrogen-bond acceptors (Lipinski definition) is 7. The summed E-state index contributed by atoms with van der Waals surface area (Å²) in [7, 11) is 0. The number of rotatable bonds is 5. The zero-order valence-electron chi connectivity index (χ0n) is 16.5. The van der Waals surface area contributed by atoms with Crippen molar-refractivity contribution in [3.63, 3.8) is 0 Å². The van der Waals surface area contributed by atoms with Crippen molar-refractivity contribution in [3.8, 4) is 0 Å². The van der Waals surface area contributed by atoms with Crippen molar-refractivity contribution in [2.24, 2.45) is 0 Å². The van der Waals surface area contributed by atoms with E-state index in [1.54, 1.807) is 29.2 Å². The largest absolute Gasteiger partial charge is 0.444 e. The molecule has 0 radical (unpaired) electrons. The quantitative estimate of drug-likeness (QED) is 0.685. The molecule has 0 bridgehead atoms. The second-order valence-corrected chi connectivity index (χ2v) is 8.95. The Bertz CT molecular complexity index is 883. The Balaban J connectivity index is 1.56. The summed E-state index contributed by atoms with van der Waals surface area (Å²) >= 11 is 7.04. The molecule has 1 aromatic carbocycles. The summed E-state index contributed by atoms with van der Waals surface area (Å²) in [6, 6.07) is 6.60. The maximum absolute atomic E-state index is 12.4. The van der Waals surface area contributed by atoms with Crippen molar-refractivity contribution in [1.82, 2.24) is 15.1 Å². The first-order valence-electron chi connectivity index (χ1n) is 9.22. The predicted molar refractivity (Wildman–Crippen MR) is 110 cm³/mol. The lowest BCUT2D eigenvalue weighted by molar-refractivity contribution is -0.113. The first kappa shape index (κ1) is 21.4. The normalized spacial score (nSPS) is 16.7. The molecule has 0 unspecified atom stereocenters. The zero-order valence-corrected chi connectivity index (χ0v) is 18.0. The van der Waals surface area contributed by atoms with Crippen molar-refractivity contribution in [3.05, 3.63) is 35.2 Å². The number of nitrogens with one attached hydrogen (secondary N) is 1. The van der Waals surface area contributed by atoms with Crippen LogP contribution in [0.4, 0.5) is 10.5 Å². The van der Waals surface area contributed by atoms with Gasteiger partial charge < -0.3 is 14.5 Å². The van der Waals surface area contributed by atoms with Crippen LogP contribution < -0.4 is 5.32 Å². The Kier molecular flexibility index (Phi) is 6.69. The lowest BCUT2D eigenvalue weighted by atomic mass is 10.2. The van der Waals surface area contributed by atoms with E-state index in [0.717, 1.165) is 24.6 Å². The minimum Gasteiger partial charge on any atom is -0.444 e. The third-order valence-corrected chi connectivity index (χ3v) is 5.08. The molecule has 3 rings (SSSR count). The molecule has 8 nitrogen and oxygen atoms in total. The van der Waals surface area contributed by atoms with Gasteiger partial charge in [0, 0.05) is 17.3 Å². The summed E-state index contributed by atoms with van der Waals surface area (Å²) in [6.07, 6.45) is 1.16. The Morgan fingerprint density at radius 1 is 1.38 bits per heavy atom. The van der Waals surface area contributed by atoms with Crippen LogP contribution in [-0.4, -0.2) is 45.0 Å². The van der Waals surface area contributed by atoms with Crippen LogP contribution in [0.3, 0.4) is 0 Å². The van der Waals surface area contributed by atoms with Gasteiger partial charge in [-0.25, -0.2) is 4.79 Å². The molecule has 0 aliphatic carbocycles. The maximum atomic E-state index is 12.4. The number of aromatic nitrogens is 2. The van der Waals surface area contributed by atoms with Gasteiger partial charge in [0.25, 0.3) is 5.22 Å². The fourth-order valence-corrected chi connectivity index (χ4v) is 3.63. The molecule has 1 N–H and O–H groups in total. The number of likely N-dealkylation sites (tertiary alicyclic amines) is 1. The van der Waals surface area contributed by atoms with Crippen LogP contribution in [0.25, 0.3) is 0 Å². The van der Waals surface area contributed by atoms with Crippen LogP contribution in [-0.2, 0) is 9.53 Å². The van der Waals surface area contributed by atoms with E-state index in [9.17, 15) is 9.59 Å². The van der Waals surface area contributed by atoms with Crippen molar-refractivity contribution < 1.29 is 18.7 Å². The van der Waals surface area contributed by atoms with E-state index in [1.165, 1.54) is 0 Å². The minimum atomic E-state index is -0.573. The Morgan fingerprint density at radius 3 is 2.90 bits per heavy atom. The number of carbonyl (C=O) groups is 2. The number of benzene rings is 1. The summed E-state index contributed by atoms with van der Waals surface area (Å²) in [5.41, 5.74) is 0.0458. The van der Waals surface area contributed by atoms with Gasteiger partial charge in [-0.1, -0.05) is 29.4 Å². The first-order valence-corrected chi connectivity index (χ1v) is 10.6. The third-order valence-electron chi connectivity index (χ3n) is 4.02. The number of halogens is 1. The second kappa shape index (κ2) is 9.04. The van der Waals surface area contributed by atoms with Crippen molar-refractivity contribution >= 4 is 41.1 Å². The van der Waals surface area contributed by atoms with Crippen LogP contribution in [0.1, 0.15) is 45.5 Å². The van der Waals surface area contributed by atoms with Crippen LogP contribution in [0.2, 0.25) is 5.02 Å². The number of anilines is 1. The minimum absolute atomic E-state index is 0.106. The number of thioether (sulfide) groups is 1. The zero-order chi connectivity index (χ0) is 21.0. The standard InChI is InChI=1S/C19H23ClN4O4S/c1-19(2,3)28-18(26)24-9-5-8-14(24)16-22-23-17(27-16)29-11-15(25)21-13-7-4-6-12(20)10-13/h4,6-7,10,14H,5,8-9,11H2,1-3H3,(H,21,25)/t14-/m0/s1. The molecule has 1 aromatic heterocycles. The van der Waals surface area contributed by atoms with Gasteiger partial charge in [0.1, 0.15) is 11.6 Å². The van der Waals surface area contributed by atoms with Gasteiger partial charge in [-0.05, 0) is 51.8 Å². The van der Waals surface area contributed by atoms with Gasteiger partial charge in [0.05, 0.1) is 5.75 Å². The molecule has 156 valence electrons. The van der Waals surface area contributed by atoms with E-state index in [1.807, 2.05) is 20.8 Å². The highest BCUT2D eigenvalue weighted by atomic mass is 35.5. The molecule has 2 amide bonds. The number of carbonyl (C=O) groups excluding carboxylic acids is 2. The van der Waals surface area contributed by atoms with Crippen molar-refractivity contribution in [1.29, 1.82) is 0 Å². The molecule has 0 saturated carbocycles. The molecule has 1 aliphatic heterocycles. The number of hydrogen-bond donors (Lipinski definition) is 1. The molecule has 29 heavy (non-hydrogen) atoms. The Morgan fingerprint density at radius 2 is 2.17 bits per heavy atom. The highest BCUT2D eigenvalue weighted by Gasteiger charge is 2.36. The number of ether oxygens (including phenoxy) is 1. The van der Waals surface area contributed by atoms with Crippen LogP contribution in [0.5, 0.6) is 0 Å². The van der Waals surface area contributed by atoms with Crippen LogP contribution >= 0.6 is 23.4 Å². The monoisotopic (exact) mass is 438 g/mol. The predicted octanol–water partition coefficient (Wildman–Crippen LogP) is 4.53. The molecular formula is C19H23ClN4O4S. The summed E-state index contributed by atoms with van der Waals surface area (Å²) in [5, 5.41) is 11.6. The molecule has 1 fully saturated rings. The molecule has 2 aromatic rings. The summed E-state index contributed by atoms with van der Waals surface area (Å²) in [5.74, 6) is 0.244. The van der Waals surface area contributed by atoms with E-state index in [2.05, 4.69) is 15.5 Å². The van der Waals surface area contributed by atoms with E-state index in [-0.39, 0.29) is 22.9 Å². The third kappa shape index (κ3) is 6.11.